The molecule has 15 heavy (non-hydrogen) atoms. The van der Waals surface area contributed by atoms with Gasteiger partial charge in [-0.15, -0.1) is 0 Å². The number of likely N-dealkylation sites (tertiary alicyclic amines) is 1. The van der Waals surface area contributed by atoms with Crippen molar-refractivity contribution >= 4 is 6.29 Å². The van der Waals surface area contributed by atoms with E-state index in [4.69, 9.17) is 0 Å². The quantitative estimate of drug-likeness (QED) is 0.642. The number of nitrogens with zero attached hydrogens (tertiary/aromatic N) is 1. The van der Waals surface area contributed by atoms with Crippen LogP contribution < -0.4 is 0 Å². The molecule has 0 aromatic rings. The smallest absolute Gasteiger partial charge is 0.130 e. The van der Waals surface area contributed by atoms with Crippen LogP contribution >= 0.6 is 0 Å². The van der Waals surface area contributed by atoms with Crippen LogP contribution in [0, 0.1) is 5.92 Å². The van der Waals surface area contributed by atoms with Crippen LogP contribution in [0.25, 0.3) is 0 Å². The standard InChI is InChI=1S/C13H17NO/c15-11-13-6-4-12(5-7-13)10-14-8-2-1-3-9-14/h4-7,10-11,13H,1-3,8-9H2. The van der Waals surface area contributed by atoms with Gasteiger partial charge in [0.25, 0.3) is 0 Å². The van der Waals surface area contributed by atoms with Crippen molar-refractivity contribution < 1.29 is 4.79 Å². The van der Waals surface area contributed by atoms with Gasteiger partial charge in [-0.3, -0.25) is 0 Å². The molecule has 1 fully saturated rings. The van der Waals surface area contributed by atoms with Gasteiger partial charge in [-0.1, -0.05) is 24.3 Å². The fourth-order valence-electron chi connectivity index (χ4n) is 2.00. The van der Waals surface area contributed by atoms with E-state index in [1.807, 2.05) is 24.3 Å². The number of aldehydes is 1. The highest BCUT2D eigenvalue weighted by Gasteiger charge is 2.08. The van der Waals surface area contributed by atoms with Gasteiger partial charge in [-0.25, -0.2) is 0 Å². The average molecular weight is 203 g/mol. The van der Waals surface area contributed by atoms with Crippen LogP contribution in [-0.2, 0) is 4.79 Å². The SMILES string of the molecule is O=CC1C=CC(=CN2CCCCC2)C=C1. The second-order valence-electron chi connectivity index (χ2n) is 4.16. The van der Waals surface area contributed by atoms with Crippen LogP contribution in [0.15, 0.2) is 36.1 Å². The molecule has 2 aliphatic rings. The van der Waals surface area contributed by atoms with Gasteiger partial charge in [0, 0.05) is 19.3 Å². The number of allylic oxidation sites excluding steroid dienone is 5. The molecular formula is C13H17NO. The summed E-state index contributed by atoms with van der Waals surface area (Å²) in [6.45, 7) is 2.34. The molecule has 0 aromatic carbocycles. The summed E-state index contributed by atoms with van der Waals surface area (Å²) in [5, 5.41) is 0. The van der Waals surface area contributed by atoms with Crippen molar-refractivity contribution in [2.24, 2.45) is 5.92 Å². The first-order valence-corrected chi connectivity index (χ1v) is 5.66. The summed E-state index contributed by atoms with van der Waals surface area (Å²) in [6.07, 6.45) is 15.1. The molecule has 0 N–H and O–H groups in total. The minimum absolute atomic E-state index is 0.0245. The van der Waals surface area contributed by atoms with Crippen LogP contribution in [0.1, 0.15) is 19.3 Å². The van der Waals surface area contributed by atoms with Crippen molar-refractivity contribution in [3.05, 3.63) is 36.1 Å². The fraction of sp³-hybridized carbons (Fsp3) is 0.462. The summed E-state index contributed by atoms with van der Waals surface area (Å²) >= 11 is 0. The van der Waals surface area contributed by atoms with Crippen LogP contribution in [0.5, 0.6) is 0 Å². The van der Waals surface area contributed by atoms with E-state index < -0.39 is 0 Å². The molecule has 2 rings (SSSR count). The Morgan fingerprint density at radius 2 is 1.80 bits per heavy atom. The molecule has 2 nitrogen and oxygen atoms in total. The summed E-state index contributed by atoms with van der Waals surface area (Å²) in [7, 11) is 0. The summed E-state index contributed by atoms with van der Waals surface area (Å²) in [6, 6.07) is 0. The molecule has 2 heteroatoms. The average Bonchev–Trinajstić information content (AvgIpc) is 2.31. The highest BCUT2D eigenvalue weighted by molar-refractivity contribution is 5.62. The van der Waals surface area contributed by atoms with Crippen LogP contribution in [0.3, 0.4) is 0 Å². The number of carbonyl (C=O) groups excluding carboxylic acids is 1. The van der Waals surface area contributed by atoms with Crippen molar-refractivity contribution in [2.75, 3.05) is 13.1 Å². The first-order valence-electron chi connectivity index (χ1n) is 5.66. The molecular weight excluding hydrogens is 186 g/mol. The molecule has 0 atom stereocenters. The molecule has 0 amide bonds. The van der Waals surface area contributed by atoms with Gasteiger partial charge in [-0.2, -0.15) is 0 Å². The zero-order valence-corrected chi connectivity index (χ0v) is 8.93. The van der Waals surface area contributed by atoms with E-state index in [0.717, 1.165) is 6.29 Å². The second kappa shape index (κ2) is 4.96. The third-order valence-electron chi connectivity index (χ3n) is 2.90. The second-order valence-corrected chi connectivity index (χ2v) is 4.16. The third-order valence-corrected chi connectivity index (χ3v) is 2.90. The fourth-order valence-corrected chi connectivity index (χ4v) is 2.00. The predicted octanol–water partition coefficient (Wildman–Crippen LogP) is 2.30. The van der Waals surface area contributed by atoms with Gasteiger partial charge < -0.3 is 9.69 Å². The van der Waals surface area contributed by atoms with Gasteiger partial charge >= 0.3 is 0 Å². The Morgan fingerprint density at radius 3 is 2.40 bits per heavy atom. The van der Waals surface area contributed by atoms with Crippen molar-refractivity contribution in [2.45, 2.75) is 19.3 Å². The minimum Gasteiger partial charge on any atom is -0.377 e. The number of piperidine rings is 1. The summed E-state index contributed by atoms with van der Waals surface area (Å²) in [5.41, 5.74) is 1.20. The lowest BCUT2D eigenvalue weighted by atomic mass is 10.0. The highest BCUT2D eigenvalue weighted by Crippen LogP contribution is 2.15. The maximum absolute atomic E-state index is 10.5. The Bertz CT molecular complexity index is 292. The monoisotopic (exact) mass is 203 g/mol. The van der Waals surface area contributed by atoms with Gasteiger partial charge in [0.05, 0.1) is 5.92 Å². The molecule has 0 unspecified atom stereocenters. The Morgan fingerprint density at radius 1 is 1.13 bits per heavy atom. The van der Waals surface area contributed by atoms with E-state index in [9.17, 15) is 4.79 Å². The lowest BCUT2D eigenvalue weighted by Crippen LogP contribution is -2.24. The van der Waals surface area contributed by atoms with Gasteiger partial charge in [-0.05, 0) is 24.8 Å². The molecule has 1 saturated heterocycles. The van der Waals surface area contributed by atoms with E-state index in [0.29, 0.717) is 0 Å². The van der Waals surface area contributed by atoms with E-state index >= 15 is 0 Å². The topological polar surface area (TPSA) is 20.3 Å². The normalized spacial score (nSPS) is 25.5. The van der Waals surface area contributed by atoms with Crippen molar-refractivity contribution in [1.29, 1.82) is 0 Å². The molecule has 1 heterocycles. The maximum Gasteiger partial charge on any atom is 0.130 e. The van der Waals surface area contributed by atoms with E-state index in [-0.39, 0.29) is 5.92 Å². The Hall–Kier alpha value is -1.31. The minimum atomic E-state index is -0.0245. The lowest BCUT2D eigenvalue weighted by Gasteiger charge is -2.25. The van der Waals surface area contributed by atoms with Crippen molar-refractivity contribution in [3.63, 3.8) is 0 Å². The summed E-state index contributed by atoms with van der Waals surface area (Å²) < 4.78 is 0. The van der Waals surface area contributed by atoms with E-state index in [2.05, 4.69) is 11.1 Å². The molecule has 1 aliphatic carbocycles. The maximum atomic E-state index is 10.5. The predicted molar refractivity (Wildman–Crippen MR) is 61.3 cm³/mol. The first kappa shape index (κ1) is 10.2. The number of rotatable bonds is 2. The Kier molecular flexibility index (Phi) is 3.38. The van der Waals surface area contributed by atoms with Crippen LogP contribution in [0.4, 0.5) is 0 Å². The van der Waals surface area contributed by atoms with Gasteiger partial charge in [0.15, 0.2) is 0 Å². The molecule has 0 bridgehead atoms. The Labute approximate surface area is 91.0 Å². The van der Waals surface area contributed by atoms with E-state index in [1.54, 1.807) is 0 Å². The van der Waals surface area contributed by atoms with Gasteiger partial charge in [0.2, 0.25) is 0 Å². The molecule has 0 aromatic heterocycles. The molecule has 80 valence electrons. The number of hydrogen-bond donors (Lipinski definition) is 0. The highest BCUT2D eigenvalue weighted by atomic mass is 16.1. The third kappa shape index (κ3) is 2.82. The Balaban J connectivity index is 1.96. The van der Waals surface area contributed by atoms with Crippen LogP contribution in [0.2, 0.25) is 0 Å². The molecule has 0 saturated carbocycles. The van der Waals surface area contributed by atoms with E-state index in [1.165, 1.54) is 37.9 Å². The van der Waals surface area contributed by atoms with Crippen molar-refractivity contribution in [1.82, 2.24) is 4.90 Å². The first-order chi connectivity index (χ1) is 7.38. The molecule has 1 aliphatic heterocycles. The molecule has 0 spiro atoms. The zero-order chi connectivity index (χ0) is 10.5. The summed E-state index contributed by atoms with van der Waals surface area (Å²) in [4.78, 5) is 12.9. The van der Waals surface area contributed by atoms with Crippen LogP contribution in [-0.4, -0.2) is 24.3 Å². The number of hydrogen-bond acceptors (Lipinski definition) is 2. The zero-order valence-electron chi connectivity index (χ0n) is 8.93. The molecule has 0 radical (unpaired) electrons. The van der Waals surface area contributed by atoms with Crippen molar-refractivity contribution in [3.8, 4) is 0 Å². The largest absolute Gasteiger partial charge is 0.377 e. The summed E-state index contributed by atoms with van der Waals surface area (Å²) in [5.74, 6) is -0.0245. The van der Waals surface area contributed by atoms with Gasteiger partial charge in [0.1, 0.15) is 6.29 Å². The lowest BCUT2D eigenvalue weighted by molar-refractivity contribution is -0.108. The number of carbonyl (C=O) groups is 1.